The number of aromatic nitrogens is 2. The van der Waals surface area contributed by atoms with E-state index in [1.165, 1.54) is 0 Å². The monoisotopic (exact) mass is 502 g/mol. The van der Waals surface area contributed by atoms with Gasteiger partial charge in [0.15, 0.2) is 5.96 Å². The number of carbonyl (C=O) groups excluding carboxylic acids is 1. The predicted molar refractivity (Wildman–Crippen MR) is 117 cm³/mol. The maximum absolute atomic E-state index is 12.5. The van der Waals surface area contributed by atoms with E-state index in [0.29, 0.717) is 37.2 Å². The van der Waals surface area contributed by atoms with Gasteiger partial charge in [-0.15, -0.1) is 24.0 Å². The van der Waals surface area contributed by atoms with E-state index in [1.807, 2.05) is 51.9 Å². The Kier molecular flexibility index (Phi) is 7.91. The zero-order valence-electron chi connectivity index (χ0n) is 15.4. The second kappa shape index (κ2) is 9.93. The third-order valence-corrected chi connectivity index (χ3v) is 4.69. The topological polar surface area (TPSA) is 65.8 Å². The third kappa shape index (κ3) is 5.58. The zero-order chi connectivity index (χ0) is 18.5. The van der Waals surface area contributed by atoms with Gasteiger partial charge >= 0.3 is 0 Å². The Bertz CT molecular complexity index is 791. The van der Waals surface area contributed by atoms with Gasteiger partial charge in [0, 0.05) is 51.1 Å². The van der Waals surface area contributed by atoms with Crippen molar-refractivity contribution in [2.24, 2.45) is 12.0 Å². The summed E-state index contributed by atoms with van der Waals surface area (Å²) < 4.78 is 1.95. The molecule has 1 fully saturated rings. The number of rotatable bonds is 4. The van der Waals surface area contributed by atoms with Crippen LogP contribution in [-0.4, -0.2) is 57.9 Å². The number of guanidine groups is 1. The summed E-state index contributed by atoms with van der Waals surface area (Å²) >= 11 is 5.92. The van der Waals surface area contributed by atoms with Crippen LogP contribution < -0.4 is 5.32 Å². The summed E-state index contributed by atoms with van der Waals surface area (Å²) in [6.07, 6.45) is 3.66. The standard InChI is InChI=1S/C18H23ClN6O.HI/c1-20-18(22-11-16-21-7-8-23(16)2)25-10-9-24(17(26)13-25)12-14-3-5-15(19)6-4-14;/h3-8H,9-13H2,1-2H3,(H,20,22);1H. The van der Waals surface area contributed by atoms with Crippen molar-refractivity contribution in [1.29, 1.82) is 0 Å². The molecule has 0 radical (unpaired) electrons. The molecule has 146 valence electrons. The molecule has 7 nitrogen and oxygen atoms in total. The lowest BCUT2D eigenvalue weighted by atomic mass is 10.2. The quantitative estimate of drug-likeness (QED) is 0.395. The van der Waals surface area contributed by atoms with E-state index in [-0.39, 0.29) is 29.9 Å². The summed E-state index contributed by atoms with van der Waals surface area (Å²) in [7, 11) is 3.68. The Morgan fingerprint density at radius 3 is 2.63 bits per heavy atom. The van der Waals surface area contributed by atoms with Crippen LogP contribution >= 0.6 is 35.6 Å². The maximum Gasteiger partial charge on any atom is 0.242 e. The van der Waals surface area contributed by atoms with Crippen molar-refractivity contribution in [1.82, 2.24) is 24.7 Å². The SMILES string of the molecule is CN=C(NCc1nccn1C)N1CCN(Cc2ccc(Cl)cc2)C(=O)C1.I. The number of hydrogen-bond donors (Lipinski definition) is 1. The van der Waals surface area contributed by atoms with Gasteiger partial charge in [-0.2, -0.15) is 0 Å². The number of halogens is 2. The van der Waals surface area contributed by atoms with Crippen molar-refractivity contribution in [2.75, 3.05) is 26.7 Å². The largest absolute Gasteiger partial charge is 0.349 e. The highest BCUT2D eigenvalue weighted by molar-refractivity contribution is 14.0. The van der Waals surface area contributed by atoms with Crippen molar-refractivity contribution >= 4 is 47.4 Å². The molecule has 1 aliphatic rings. The molecule has 2 heterocycles. The van der Waals surface area contributed by atoms with Crippen molar-refractivity contribution in [3.05, 3.63) is 53.1 Å². The van der Waals surface area contributed by atoms with Crippen LogP contribution in [0.2, 0.25) is 5.02 Å². The fraction of sp³-hybridized carbons (Fsp3) is 0.389. The number of piperazine rings is 1. The average Bonchev–Trinajstić information content (AvgIpc) is 3.04. The molecule has 0 spiro atoms. The molecule has 1 N–H and O–H groups in total. The van der Waals surface area contributed by atoms with Gasteiger partial charge in [0.05, 0.1) is 13.1 Å². The third-order valence-electron chi connectivity index (χ3n) is 4.44. The smallest absolute Gasteiger partial charge is 0.242 e. The van der Waals surface area contributed by atoms with Crippen molar-refractivity contribution in [2.45, 2.75) is 13.1 Å². The molecule has 1 aromatic heterocycles. The van der Waals surface area contributed by atoms with Gasteiger partial charge in [0.2, 0.25) is 5.91 Å². The molecule has 0 unspecified atom stereocenters. The van der Waals surface area contributed by atoms with Crippen LogP contribution in [0.1, 0.15) is 11.4 Å². The molecule has 1 amide bonds. The minimum Gasteiger partial charge on any atom is -0.349 e. The lowest BCUT2D eigenvalue weighted by molar-refractivity contribution is -0.135. The summed E-state index contributed by atoms with van der Waals surface area (Å²) in [6.45, 7) is 2.87. The minimum atomic E-state index is 0. The Morgan fingerprint density at radius 1 is 1.30 bits per heavy atom. The van der Waals surface area contributed by atoms with Crippen LogP contribution in [0.4, 0.5) is 0 Å². The van der Waals surface area contributed by atoms with Crippen LogP contribution in [0.15, 0.2) is 41.7 Å². The molecule has 0 aliphatic carbocycles. The Morgan fingerprint density at radius 2 is 2.04 bits per heavy atom. The number of nitrogens with zero attached hydrogens (tertiary/aromatic N) is 5. The van der Waals surface area contributed by atoms with Gasteiger partial charge in [-0.05, 0) is 17.7 Å². The number of aliphatic imine (C=N–C) groups is 1. The fourth-order valence-electron chi connectivity index (χ4n) is 2.92. The van der Waals surface area contributed by atoms with E-state index < -0.39 is 0 Å². The summed E-state index contributed by atoms with van der Waals surface area (Å²) in [6, 6.07) is 7.60. The van der Waals surface area contributed by atoms with E-state index >= 15 is 0 Å². The van der Waals surface area contributed by atoms with Crippen LogP contribution in [0, 0.1) is 0 Å². The molecule has 1 saturated heterocycles. The van der Waals surface area contributed by atoms with E-state index in [2.05, 4.69) is 15.3 Å². The summed E-state index contributed by atoms with van der Waals surface area (Å²) in [5.41, 5.74) is 1.08. The first-order valence-corrected chi connectivity index (χ1v) is 8.88. The first-order chi connectivity index (χ1) is 12.6. The molecule has 27 heavy (non-hydrogen) atoms. The van der Waals surface area contributed by atoms with Crippen LogP contribution in [0.5, 0.6) is 0 Å². The fourth-order valence-corrected chi connectivity index (χ4v) is 3.05. The summed E-state index contributed by atoms with van der Waals surface area (Å²) in [4.78, 5) is 25.0. The van der Waals surface area contributed by atoms with Gasteiger partial charge in [-0.1, -0.05) is 23.7 Å². The van der Waals surface area contributed by atoms with Gasteiger partial charge in [-0.3, -0.25) is 9.79 Å². The highest BCUT2D eigenvalue weighted by atomic mass is 127. The van der Waals surface area contributed by atoms with Crippen molar-refractivity contribution in [3.8, 4) is 0 Å². The van der Waals surface area contributed by atoms with E-state index in [0.717, 1.165) is 17.9 Å². The molecular weight excluding hydrogens is 479 g/mol. The summed E-state index contributed by atoms with van der Waals surface area (Å²) in [5.74, 6) is 1.72. The van der Waals surface area contributed by atoms with Gasteiger partial charge in [0.25, 0.3) is 0 Å². The highest BCUT2D eigenvalue weighted by Crippen LogP contribution is 2.13. The first-order valence-electron chi connectivity index (χ1n) is 8.51. The molecule has 1 aliphatic heterocycles. The molecular formula is C18H24ClIN6O. The lowest BCUT2D eigenvalue weighted by Crippen LogP contribution is -2.54. The number of imidazole rings is 1. The number of hydrogen-bond acceptors (Lipinski definition) is 3. The van der Waals surface area contributed by atoms with Crippen molar-refractivity contribution < 1.29 is 4.79 Å². The number of benzene rings is 1. The van der Waals surface area contributed by atoms with Gasteiger partial charge in [0.1, 0.15) is 5.82 Å². The number of nitrogens with one attached hydrogen (secondary N) is 1. The van der Waals surface area contributed by atoms with Gasteiger partial charge in [-0.25, -0.2) is 4.98 Å². The van der Waals surface area contributed by atoms with E-state index in [9.17, 15) is 4.79 Å². The number of amides is 1. The van der Waals surface area contributed by atoms with Crippen molar-refractivity contribution in [3.63, 3.8) is 0 Å². The zero-order valence-corrected chi connectivity index (χ0v) is 18.5. The summed E-state index contributed by atoms with van der Waals surface area (Å²) in [5, 5.41) is 3.98. The number of aryl methyl sites for hydroxylation is 1. The second-order valence-electron chi connectivity index (χ2n) is 6.22. The number of carbonyl (C=O) groups is 1. The molecule has 3 rings (SSSR count). The normalized spacial score (nSPS) is 14.9. The predicted octanol–water partition coefficient (Wildman–Crippen LogP) is 2.11. The molecule has 0 saturated carbocycles. The van der Waals surface area contributed by atoms with Crippen LogP contribution in [0.25, 0.3) is 0 Å². The van der Waals surface area contributed by atoms with Crippen LogP contribution in [0.3, 0.4) is 0 Å². The highest BCUT2D eigenvalue weighted by Gasteiger charge is 2.26. The van der Waals surface area contributed by atoms with Gasteiger partial charge < -0.3 is 19.7 Å². The molecule has 1 aromatic carbocycles. The second-order valence-corrected chi connectivity index (χ2v) is 6.65. The average molecular weight is 503 g/mol. The Labute approximate surface area is 181 Å². The molecule has 2 aromatic rings. The first kappa shape index (κ1) is 21.5. The lowest BCUT2D eigenvalue weighted by Gasteiger charge is -2.36. The van der Waals surface area contributed by atoms with E-state index in [4.69, 9.17) is 11.6 Å². The Hall–Kier alpha value is -1.81. The molecule has 0 atom stereocenters. The molecule has 9 heteroatoms. The molecule has 0 bridgehead atoms. The van der Waals surface area contributed by atoms with E-state index in [1.54, 1.807) is 13.2 Å². The minimum absolute atomic E-state index is 0. The Balaban J connectivity index is 0.00000261. The maximum atomic E-state index is 12.5. The van der Waals surface area contributed by atoms with Crippen LogP contribution in [-0.2, 0) is 24.9 Å².